The Hall–Kier alpha value is -0.680. The number of ether oxygens (including phenoxy) is 2. The van der Waals surface area contributed by atoms with Crippen molar-refractivity contribution in [3.8, 4) is 0 Å². The Bertz CT molecular complexity index is 973. The van der Waals surface area contributed by atoms with E-state index >= 15 is 0 Å². The van der Waals surface area contributed by atoms with Gasteiger partial charge in [0.1, 0.15) is 12.2 Å². The summed E-state index contributed by atoms with van der Waals surface area (Å²) in [4.78, 5) is 55.3. The molecule has 1 saturated carbocycles. The minimum Gasteiger partial charge on any atom is -0.374 e. The summed E-state index contributed by atoms with van der Waals surface area (Å²) in [5, 5.41) is 0. The topological polar surface area (TPSA) is 160 Å². The Labute approximate surface area is 171 Å². The van der Waals surface area contributed by atoms with Gasteiger partial charge in [-0.2, -0.15) is 0 Å². The second kappa shape index (κ2) is 8.11. The quantitative estimate of drug-likeness (QED) is 0.403. The molecule has 1 aromatic heterocycles. The van der Waals surface area contributed by atoms with Crippen molar-refractivity contribution in [3.05, 3.63) is 33.1 Å². The molecule has 7 unspecified atom stereocenters. The van der Waals surface area contributed by atoms with E-state index in [2.05, 4.69) is 4.98 Å². The number of methoxy groups -OCH3 is 1. The van der Waals surface area contributed by atoms with Crippen molar-refractivity contribution < 1.29 is 33.2 Å². The second-order valence-corrected chi connectivity index (χ2v) is 13.3. The fraction of sp³-hybridized carbons (Fsp3) is 0.733. The van der Waals surface area contributed by atoms with Crippen LogP contribution in [0, 0.1) is 5.92 Å². The molecule has 0 amide bonds. The first kappa shape index (κ1) is 23.0. The van der Waals surface area contributed by atoms with Gasteiger partial charge in [0, 0.05) is 30.9 Å². The highest BCUT2D eigenvalue weighted by molar-refractivity contribution is 8.09. The third kappa shape index (κ3) is 4.66. The molecule has 7 atom stereocenters. The lowest BCUT2D eigenvalue weighted by molar-refractivity contribution is -0.0570. The lowest BCUT2D eigenvalue weighted by Gasteiger charge is -2.29. The molecule has 2 heterocycles. The number of nitrogens with one attached hydrogen (secondary N) is 1. The van der Waals surface area contributed by atoms with E-state index in [9.17, 15) is 28.8 Å². The first-order valence-electron chi connectivity index (χ1n) is 8.92. The molecule has 14 heteroatoms. The van der Waals surface area contributed by atoms with Gasteiger partial charge in [-0.3, -0.25) is 18.9 Å². The predicted octanol–water partition coefficient (Wildman–Crippen LogP) is 0.111. The average molecular weight is 470 g/mol. The zero-order valence-electron chi connectivity index (χ0n) is 15.9. The molecule has 0 radical (unpaired) electrons. The van der Waals surface area contributed by atoms with Crippen molar-refractivity contribution >= 4 is 25.9 Å². The number of rotatable bonds is 7. The Morgan fingerprint density at radius 1 is 1.31 bits per heavy atom. The number of nitrogens with zero attached hydrogens (tertiary/aromatic N) is 1. The van der Waals surface area contributed by atoms with Gasteiger partial charge in [-0.05, 0) is 18.2 Å². The van der Waals surface area contributed by atoms with Crippen molar-refractivity contribution in [2.75, 3.05) is 7.11 Å². The van der Waals surface area contributed by atoms with E-state index < -0.39 is 61.5 Å². The average Bonchev–Trinajstić information content (AvgIpc) is 3.32. The van der Waals surface area contributed by atoms with E-state index in [0.29, 0.717) is 0 Å². The molecule has 3 rings (SSSR count). The summed E-state index contributed by atoms with van der Waals surface area (Å²) in [6.07, 6.45) is -2.33. The van der Waals surface area contributed by atoms with Crippen LogP contribution in [0.5, 0.6) is 0 Å². The molecule has 2 fully saturated rings. The van der Waals surface area contributed by atoms with E-state index in [-0.39, 0.29) is 12.1 Å². The van der Waals surface area contributed by atoms with Gasteiger partial charge in [0.25, 0.3) is 5.56 Å². The number of H-pyrrole nitrogens is 1. The van der Waals surface area contributed by atoms with E-state index in [1.807, 2.05) is 0 Å². The highest BCUT2D eigenvalue weighted by Gasteiger charge is 2.61. The van der Waals surface area contributed by atoms with Crippen LogP contribution in [-0.4, -0.2) is 61.0 Å². The third-order valence-corrected chi connectivity index (χ3v) is 10.0. The monoisotopic (exact) mass is 470 g/mol. The minimum absolute atomic E-state index is 0.203. The van der Waals surface area contributed by atoms with Gasteiger partial charge in [-0.1, -0.05) is 13.8 Å². The molecule has 0 bridgehead atoms. The number of aromatic nitrogens is 2. The fourth-order valence-electron chi connectivity index (χ4n) is 3.47. The van der Waals surface area contributed by atoms with Crippen LogP contribution in [0.2, 0.25) is 0 Å². The summed E-state index contributed by atoms with van der Waals surface area (Å²) in [6, 6.07) is 1.14. The van der Waals surface area contributed by atoms with Crippen LogP contribution < -0.4 is 11.2 Å². The molecular formula is C15H24N2O9P2S. The third-order valence-electron chi connectivity index (χ3n) is 5.21. The standard InChI is InChI=1S/C15H24N2O9P2S/c1-7(2)28(23,29)26-12-11(8-6-9(8)27(20,21)22)25-14(13(12)24-3)17-5-4-10(18)16-15(17)19/h4-5,7-9,11-14H,6H2,1-3H3,(H,23,29)(H,16,18,19)(H2,20,21,22). The molecular weight excluding hydrogens is 446 g/mol. The van der Waals surface area contributed by atoms with Gasteiger partial charge in [-0.25, -0.2) is 4.79 Å². The first-order chi connectivity index (χ1) is 13.4. The van der Waals surface area contributed by atoms with Crippen LogP contribution in [-0.2, 0) is 30.4 Å². The molecule has 1 aliphatic carbocycles. The molecule has 4 N–H and O–H groups in total. The summed E-state index contributed by atoms with van der Waals surface area (Å²) in [5.41, 5.74) is -2.60. The highest BCUT2D eigenvalue weighted by atomic mass is 32.5. The van der Waals surface area contributed by atoms with Gasteiger partial charge in [0.2, 0.25) is 0 Å². The van der Waals surface area contributed by atoms with Crippen LogP contribution in [0.25, 0.3) is 0 Å². The van der Waals surface area contributed by atoms with E-state index in [1.54, 1.807) is 13.8 Å². The molecule has 11 nitrogen and oxygen atoms in total. The fourth-order valence-corrected chi connectivity index (χ4v) is 5.78. The maximum absolute atomic E-state index is 12.2. The Kier molecular flexibility index (Phi) is 6.43. The SMILES string of the molecule is COC1C(OP(O)(=S)C(C)C)C(C2CC2P(=O)(O)O)OC1n1ccc(=O)[nH]c1=O. The minimum atomic E-state index is -4.34. The van der Waals surface area contributed by atoms with Gasteiger partial charge in [0.05, 0.1) is 11.8 Å². The molecule has 1 aromatic rings. The summed E-state index contributed by atoms with van der Waals surface area (Å²) in [5.74, 6) is -0.552. The van der Waals surface area contributed by atoms with Crippen molar-refractivity contribution in [2.24, 2.45) is 5.92 Å². The van der Waals surface area contributed by atoms with Crippen LogP contribution in [0.1, 0.15) is 26.5 Å². The lowest BCUT2D eigenvalue weighted by atomic mass is 10.1. The van der Waals surface area contributed by atoms with E-state index in [4.69, 9.17) is 25.8 Å². The smallest absolute Gasteiger partial charge is 0.330 e. The van der Waals surface area contributed by atoms with Crippen LogP contribution in [0.4, 0.5) is 0 Å². The van der Waals surface area contributed by atoms with E-state index in [1.165, 1.54) is 13.3 Å². The zero-order valence-corrected chi connectivity index (χ0v) is 18.5. The molecule has 2 aliphatic rings. The Morgan fingerprint density at radius 2 is 1.97 bits per heavy atom. The van der Waals surface area contributed by atoms with Gasteiger partial charge >= 0.3 is 13.3 Å². The van der Waals surface area contributed by atoms with Crippen molar-refractivity contribution in [1.82, 2.24) is 9.55 Å². The molecule has 0 spiro atoms. The van der Waals surface area contributed by atoms with Crippen LogP contribution in [0.3, 0.4) is 0 Å². The normalized spacial score (nSPS) is 34.3. The van der Waals surface area contributed by atoms with Gasteiger partial charge in [0.15, 0.2) is 12.7 Å². The summed E-state index contributed by atoms with van der Waals surface area (Å²) in [7, 11) is -2.98. The van der Waals surface area contributed by atoms with Gasteiger partial charge in [-0.15, -0.1) is 0 Å². The van der Waals surface area contributed by atoms with Crippen LogP contribution >= 0.6 is 14.1 Å². The van der Waals surface area contributed by atoms with Gasteiger partial charge < -0.3 is 28.7 Å². The highest BCUT2D eigenvalue weighted by Crippen LogP contribution is 2.63. The van der Waals surface area contributed by atoms with Crippen molar-refractivity contribution in [1.29, 1.82) is 0 Å². The maximum Gasteiger partial charge on any atom is 0.330 e. The van der Waals surface area contributed by atoms with Crippen molar-refractivity contribution in [3.63, 3.8) is 0 Å². The maximum atomic E-state index is 12.2. The summed E-state index contributed by atoms with van der Waals surface area (Å²) in [6.45, 7) is 0.125. The Morgan fingerprint density at radius 3 is 2.45 bits per heavy atom. The van der Waals surface area contributed by atoms with Crippen LogP contribution in [0.15, 0.2) is 21.9 Å². The Balaban J connectivity index is 1.99. The zero-order chi connectivity index (χ0) is 21.7. The molecule has 29 heavy (non-hydrogen) atoms. The molecule has 164 valence electrons. The van der Waals surface area contributed by atoms with Crippen molar-refractivity contribution in [2.45, 2.75) is 56.1 Å². The molecule has 0 aromatic carbocycles. The lowest BCUT2D eigenvalue weighted by Crippen LogP contribution is -2.40. The number of hydrogen-bond acceptors (Lipinski definition) is 7. The number of hydrogen-bond donors (Lipinski definition) is 4. The number of aromatic amines is 1. The summed E-state index contributed by atoms with van der Waals surface area (Å²) >= 11 is 5.23. The summed E-state index contributed by atoms with van der Waals surface area (Å²) < 4.78 is 30.1. The molecule has 1 aliphatic heterocycles. The largest absolute Gasteiger partial charge is 0.374 e. The second-order valence-electron chi connectivity index (χ2n) is 7.49. The first-order valence-corrected chi connectivity index (χ1v) is 13.3. The molecule has 1 saturated heterocycles. The van der Waals surface area contributed by atoms with E-state index in [0.717, 1.165) is 10.6 Å². The predicted molar refractivity (Wildman–Crippen MR) is 106 cm³/mol.